The van der Waals surface area contributed by atoms with Crippen molar-refractivity contribution in [3.63, 3.8) is 0 Å². The van der Waals surface area contributed by atoms with E-state index in [0.717, 1.165) is 24.3 Å². The molecule has 142 valence electrons. The predicted octanol–water partition coefficient (Wildman–Crippen LogP) is 2.83. The Morgan fingerprint density at radius 1 is 0.889 bits per heavy atom. The Labute approximate surface area is 151 Å². The van der Waals surface area contributed by atoms with Crippen molar-refractivity contribution in [1.29, 1.82) is 0 Å². The maximum Gasteiger partial charge on any atom is 0.416 e. The van der Waals surface area contributed by atoms with E-state index >= 15 is 0 Å². The van der Waals surface area contributed by atoms with Gasteiger partial charge in [0.05, 0.1) is 11.1 Å². The van der Waals surface area contributed by atoms with E-state index in [9.17, 15) is 32.7 Å². The van der Waals surface area contributed by atoms with Gasteiger partial charge in [-0.3, -0.25) is 4.79 Å². The Hall–Kier alpha value is -3.36. The number of aromatic carboxylic acids is 1. The molecule has 27 heavy (non-hydrogen) atoms. The lowest BCUT2D eigenvalue weighted by Crippen LogP contribution is -2.42. The van der Waals surface area contributed by atoms with Crippen LogP contribution in [-0.4, -0.2) is 34.1 Å². The zero-order chi connectivity index (χ0) is 20.2. The number of aliphatic carboxylic acids is 1. The van der Waals surface area contributed by atoms with Gasteiger partial charge < -0.3 is 15.5 Å². The molecular formula is C18H14F3NO5. The fourth-order valence-corrected chi connectivity index (χ4v) is 2.27. The van der Waals surface area contributed by atoms with Crippen molar-refractivity contribution >= 4 is 17.8 Å². The van der Waals surface area contributed by atoms with Gasteiger partial charge in [0.1, 0.15) is 6.04 Å². The Morgan fingerprint density at radius 3 is 1.85 bits per heavy atom. The summed E-state index contributed by atoms with van der Waals surface area (Å²) in [5, 5.41) is 20.3. The first kappa shape index (κ1) is 20.0. The number of alkyl halides is 3. The maximum absolute atomic E-state index is 12.5. The van der Waals surface area contributed by atoms with Crippen LogP contribution in [0.5, 0.6) is 0 Å². The number of benzene rings is 2. The second-order valence-electron chi connectivity index (χ2n) is 5.65. The number of carbonyl (C=O) groups excluding carboxylic acids is 1. The molecule has 0 aliphatic rings. The lowest BCUT2D eigenvalue weighted by atomic mass is 10.0. The summed E-state index contributed by atoms with van der Waals surface area (Å²) in [7, 11) is 0. The third kappa shape index (κ3) is 5.30. The molecule has 0 unspecified atom stereocenters. The van der Waals surface area contributed by atoms with E-state index in [1.54, 1.807) is 0 Å². The summed E-state index contributed by atoms with van der Waals surface area (Å²) < 4.78 is 37.6. The summed E-state index contributed by atoms with van der Waals surface area (Å²) in [5.41, 5.74) is -0.539. The van der Waals surface area contributed by atoms with Gasteiger partial charge in [-0.15, -0.1) is 0 Å². The van der Waals surface area contributed by atoms with Gasteiger partial charge in [-0.1, -0.05) is 12.1 Å². The molecule has 0 bridgehead atoms. The maximum atomic E-state index is 12.5. The fraction of sp³-hybridized carbons (Fsp3) is 0.167. The van der Waals surface area contributed by atoms with E-state index in [1.807, 2.05) is 0 Å². The van der Waals surface area contributed by atoms with Crippen LogP contribution in [-0.2, 0) is 17.4 Å². The van der Waals surface area contributed by atoms with Gasteiger partial charge in [-0.2, -0.15) is 13.2 Å². The normalized spacial score (nSPS) is 12.3. The summed E-state index contributed by atoms with van der Waals surface area (Å²) in [6, 6.07) is 7.48. The van der Waals surface area contributed by atoms with Gasteiger partial charge in [0.15, 0.2) is 0 Å². The van der Waals surface area contributed by atoms with Crippen molar-refractivity contribution < 1.29 is 37.8 Å². The van der Waals surface area contributed by atoms with Crippen LogP contribution >= 0.6 is 0 Å². The second-order valence-corrected chi connectivity index (χ2v) is 5.65. The molecule has 2 aromatic carbocycles. The minimum Gasteiger partial charge on any atom is -0.480 e. The largest absolute Gasteiger partial charge is 0.480 e. The van der Waals surface area contributed by atoms with Crippen LogP contribution in [0.3, 0.4) is 0 Å². The van der Waals surface area contributed by atoms with Gasteiger partial charge in [-0.25, -0.2) is 9.59 Å². The van der Waals surface area contributed by atoms with Crippen molar-refractivity contribution in [1.82, 2.24) is 5.32 Å². The van der Waals surface area contributed by atoms with Crippen LogP contribution in [0.15, 0.2) is 48.5 Å². The molecule has 0 saturated carbocycles. The van der Waals surface area contributed by atoms with Crippen LogP contribution in [0.1, 0.15) is 31.8 Å². The molecule has 3 N–H and O–H groups in total. The Balaban J connectivity index is 2.10. The Bertz CT molecular complexity index is 845. The zero-order valence-electron chi connectivity index (χ0n) is 13.7. The molecule has 6 nitrogen and oxygen atoms in total. The molecule has 0 aromatic heterocycles. The molecule has 2 aromatic rings. The number of halogens is 3. The molecule has 0 saturated heterocycles. The third-order valence-electron chi connectivity index (χ3n) is 3.72. The number of carbonyl (C=O) groups is 3. The van der Waals surface area contributed by atoms with Crippen molar-refractivity contribution in [3.8, 4) is 0 Å². The lowest BCUT2D eigenvalue weighted by molar-refractivity contribution is -0.139. The molecule has 1 amide bonds. The number of hydrogen-bond donors (Lipinski definition) is 3. The van der Waals surface area contributed by atoms with E-state index in [4.69, 9.17) is 5.11 Å². The SMILES string of the molecule is O=C(O)c1ccc(C[C@@H](NC(=O)c2ccc(C(F)(F)F)cc2)C(=O)O)cc1. The van der Waals surface area contributed by atoms with Gasteiger partial charge >= 0.3 is 18.1 Å². The molecule has 0 radical (unpaired) electrons. The van der Waals surface area contributed by atoms with Crippen molar-refractivity contribution in [2.45, 2.75) is 18.6 Å². The Morgan fingerprint density at radius 2 is 1.41 bits per heavy atom. The Kier molecular flexibility index (Phi) is 5.84. The summed E-state index contributed by atoms with van der Waals surface area (Å²) in [5.74, 6) is -3.30. The monoisotopic (exact) mass is 381 g/mol. The van der Waals surface area contributed by atoms with E-state index in [-0.39, 0.29) is 17.5 Å². The average Bonchev–Trinajstić information content (AvgIpc) is 2.60. The third-order valence-corrected chi connectivity index (χ3v) is 3.72. The van der Waals surface area contributed by atoms with Crippen LogP contribution < -0.4 is 5.32 Å². The standard InChI is InChI=1S/C18H14F3NO5/c19-18(20,21)13-7-5-11(6-8-13)15(23)22-14(17(26)27)9-10-1-3-12(4-2-10)16(24)25/h1-8,14H,9H2,(H,22,23)(H,24,25)(H,26,27)/t14-/m1/s1. The van der Waals surface area contributed by atoms with Crippen molar-refractivity contribution in [3.05, 3.63) is 70.8 Å². The van der Waals surface area contributed by atoms with E-state index < -0.39 is 35.6 Å². The molecule has 0 heterocycles. The van der Waals surface area contributed by atoms with Crippen LogP contribution in [0.2, 0.25) is 0 Å². The highest BCUT2D eigenvalue weighted by molar-refractivity contribution is 5.96. The minimum atomic E-state index is -4.54. The zero-order valence-corrected chi connectivity index (χ0v) is 13.7. The van der Waals surface area contributed by atoms with Gasteiger partial charge in [0.2, 0.25) is 0 Å². The average molecular weight is 381 g/mol. The highest BCUT2D eigenvalue weighted by Crippen LogP contribution is 2.29. The van der Waals surface area contributed by atoms with Gasteiger partial charge in [0.25, 0.3) is 5.91 Å². The number of hydrogen-bond acceptors (Lipinski definition) is 3. The number of rotatable bonds is 6. The first-order chi connectivity index (χ1) is 12.6. The summed E-state index contributed by atoms with van der Waals surface area (Å²) in [6.45, 7) is 0. The molecule has 0 aliphatic carbocycles. The van der Waals surface area contributed by atoms with Gasteiger partial charge in [0, 0.05) is 12.0 Å². The van der Waals surface area contributed by atoms with E-state index in [2.05, 4.69) is 5.32 Å². The van der Waals surface area contributed by atoms with Crippen LogP contribution in [0, 0.1) is 0 Å². The van der Waals surface area contributed by atoms with Crippen molar-refractivity contribution in [2.24, 2.45) is 0 Å². The second kappa shape index (κ2) is 7.90. The number of carboxylic acid groups (broad SMARTS) is 2. The molecule has 0 aliphatic heterocycles. The molecule has 2 rings (SSSR count). The van der Waals surface area contributed by atoms with E-state index in [1.165, 1.54) is 24.3 Å². The predicted molar refractivity (Wildman–Crippen MR) is 87.4 cm³/mol. The summed E-state index contributed by atoms with van der Waals surface area (Å²) in [6.07, 6.45) is -4.66. The van der Waals surface area contributed by atoms with Crippen LogP contribution in [0.4, 0.5) is 13.2 Å². The van der Waals surface area contributed by atoms with Crippen molar-refractivity contribution in [2.75, 3.05) is 0 Å². The lowest BCUT2D eigenvalue weighted by Gasteiger charge is -2.15. The first-order valence-electron chi connectivity index (χ1n) is 7.61. The minimum absolute atomic E-state index is 0.0272. The molecular weight excluding hydrogens is 367 g/mol. The first-order valence-corrected chi connectivity index (χ1v) is 7.61. The van der Waals surface area contributed by atoms with E-state index in [0.29, 0.717) is 5.56 Å². The highest BCUT2D eigenvalue weighted by atomic mass is 19.4. The molecule has 9 heteroatoms. The number of nitrogens with one attached hydrogen (secondary N) is 1. The highest BCUT2D eigenvalue weighted by Gasteiger charge is 2.30. The molecule has 0 fully saturated rings. The quantitative estimate of drug-likeness (QED) is 0.714. The molecule has 0 spiro atoms. The topological polar surface area (TPSA) is 104 Å². The summed E-state index contributed by atoms with van der Waals surface area (Å²) in [4.78, 5) is 34.3. The summed E-state index contributed by atoms with van der Waals surface area (Å²) >= 11 is 0. The number of amides is 1. The van der Waals surface area contributed by atoms with Gasteiger partial charge in [-0.05, 0) is 42.0 Å². The molecule has 1 atom stereocenters. The smallest absolute Gasteiger partial charge is 0.416 e. The fourth-order valence-electron chi connectivity index (χ4n) is 2.27. The number of carboxylic acids is 2. The van der Waals surface area contributed by atoms with Crippen LogP contribution in [0.25, 0.3) is 0 Å².